The van der Waals surface area contributed by atoms with Crippen LogP contribution >= 0.6 is 46.8 Å². The first-order chi connectivity index (χ1) is 11.0. The molecular formula is C15H9Cl2N3OS2. The normalized spacial score (nSPS) is 10.5. The predicted molar refractivity (Wildman–Crippen MR) is 99.8 cm³/mol. The molecule has 1 heterocycles. The molecule has 3 rings (SSSR count). The number of nitrogens with one attached hydrogen (secondary N) is 2. The van der Waals surface area contributed by atoms with Gasteiger partial charge < -0.3 is 5.32 Å². The second-order valence-corrected chi connectivity index (χ2v) is 6.73. The first-order valence-corrected chi connectivity index (χ1v) is 8.44. The smallest absolute Gasteiger partial charge is 0.257 e. The van der Waals surface area contributed by atoms with Gasteiger partial charge in [0.05, 0.1) is 14.7 Å². The van der Waals surface area contributed by atoms with Crippen LogP contribution in [-0.4, -0.2) is 16.0 Å². The maximum atomic E-state index is 12.0. The number of rotatable bonds is 2. The third-order valence-corrected chi connectivity index (χ3v) is 4.87. The molecule has 0 atom stereocenters. The average Bonchev–Trinajstić information content (AvgIpc) is 2.95. The lowest BCUT2D eigenvalue weighted by Crippen LogP contribution is -2.34. The van der Waals surface area contributed by atoms with E-state index >= 15 is 0 Å². The van der Waals surface area contributed by atoms with Crippen molar-refractivity contribution in [1.29, 1.82) is 0 Å². The van der Waals surface area contributed by atoms with Crippen LogP contribution in [0.25, 0.3) is 10.2 Å². The molecule has 23 heavy (non-hydrogen) atoms. The molecule has 0 aliphatic rings. The van der Waals surface area contributed by atoms with E-state index in [1.807, 2.05) is 12.1 Å². The van der Waals surface area contributed by atoms with Crippen molar-refractivity contribution in [2.75, 3.05) is 5.32 Å². The van der Waals surface area contributed by atoms with E-state index in [9.17, 15) is 4.79 Å². The lowest BCUT2D eigenvalue weighted by atomic mass is 10.2. The summed E-state index contributed by atoms with van der Waals surface area (Å²) in [5.74, 6) is -0.287. The Balaban J connectivity index is 1.73. The van der Waals surface area contributed by atoms with Crippen molar-refractivity contribution < 1.29 is 4.79 Å². The predicted octanol–water partition coefficient (Wildman–Crippen LogP) is 4.73. The van der Waals surface area contributed by atoms with Crippen LogP contribution < -0.4 is 10.6 Å². The van der Waals surface area contributed by atoms with Gasteiger partial charge in [-0.25, -0.2) is 4.98 Å². The third-order valence-electron chi connectivity index (χ3n) is 2.94. The number of nitrogens with zero attached hydrogens (tertiary/aromatic N) is 1. The minimum absolute atomic E-state index is 0.167. The zero-order valence-corrected chi connectivity index (χ0v) is 14.6. The fourth-order valence-electron chi connectivity index (χ4n) is 1.88. The molecule has 0 fully saturated rings. The van der Waals surface area contributed by atoms with Crippen LogP contribution in [0.15, 0.2) is 42.5 Å². The van der Waals surface area contributed by atoms with Crippen molar-refractivity contribution in [1.82, 2.24) is 10.3 Å². The SMILES string of the molecule is O=C(NC(=S)Nc1nc2c(Cl)c(Cl)ccc2s1)c1ccccc1. The Morgan fingerprint density at radius 2 is 1.87 bits per heavy atom. The first-order valence-electron chi connectivity index (χ1n) is 6.46. The van der Waals surface area contributed by atoms with Crippen LogP contribution in [-0.2, 0) is 0 Å². The summed E-state index contributed by atoms with van der Waals surface area (Å²) in [6, 6.07) is 12.4. The van der Waals surface area contributed by atoms with Crippen molar-refractivity contribution in [3.05, 3.63) is 58.1 Å². The molecule has 0 aliphatic heterocycles. The molecule has 3 aromatic rings. The Labute approximate surface area is 151 Å². The molecule has 1 amide bonds. The number of thiazole rings is 1. The molecule has 0 aliphatic carbocycles. The number of carbonyl (C=O) groups is 1. The first kappa shape index (κ1) is 16.1. The maximum absolute atomic E-state index is 12.0. The van der Waals surface area contributed by atoms with E-state index in [2.05, 4.69) is 15.6 Å². The fourth-order valence-corrected chi connectivity index (χ4v) is 3.43. The number of hydrogen-bond acceptors (Lipinski definition) is 4. The van der Waals surface area contributed by atoms with Gasteiger partial charge in [-0.05, 0) is 36.5 Å². The zero-order chi connectivity index (χ0) is 16.4. The highest BCUT2D eigenvalue weighted by Crippen LogP contribution is 2.35. The number of aromatic nitrogens is 1. The summed E-state index contributed by atoms with van der Waals surface area (Å²) in [4.78, 5) is 16.4. The monoisotopic (exact) mass is 381 g/mol. The quantitative estimate of drug-likeness (QED) is 0.630. The molecule has 2 N–H and O–H groups in total. The summed E-state index contributed by atoms with van der Waals surface area (Å²) in [5, 5.41) is 7.02. The molecule has 1 aromatic heterocycles. The largest absolute Gasteiger partial charge is 0.308 e. The summed E-state index contributed by atoms with van der Waals surface area (Å²) < 4.78 is 0.874. The number of fused-ring (bicyclic) bond motifs is 1. The van der Waals surface area contributed by atoms with E-state index in [0.29, 0.717) is 26.3 Å². The summed E-state index contributed by atoms with van der Waals surface area (Å²) in [7, 11) is 0. The second kappa shape index (κ2) is 6.80. The van der Waals surface area contributed by atoms with Crippen molar-refractivity contribution in [2.24, 2.45) is 0 Å². The Kier molecular flexibility index (Phi) is 4.77. The van der Waals surface area contributed by atoms with Crippen molar-refractivity contribution in [2.45, 2.75) is 0 Å². The van der Waals surface area contributed by atoms with Crippen LogP contribution in [0.4, 0.5) is 5.13 Å². The molecule has 8 heteroatoms. The summed E-state index contributed by atoms with van der Waals surface area (Å²) in [6.07, 6.45) is 0. The minimum atomic E-state index is -0.287. The van der Waals surface area contributed by atoms with Gasteiger partial charge in [0.1, 0.15) is 5.52 Å². The van der Waals surface area contributed by atoms with Gasteiger partial charge in [0.15, 0.2) is 10.2 Å². The molecule has 0 bridgehead atoms. The lowest BCUT2D eigenvalue weighted by Gasteiger charge is -2.06. The Morgan fingerprint density at radius 3 is 2.61 bits per heavy atom. The minimum Gasteiger partial charge on any atom is -0.308 e. The molecular weight excluding hydrogens is 373 g/mol. The molecule has 0 spiro atoms. The van der Waals surface area contributed by atoms with Gasteiger partial charge >= 0.3 is 0 Å². The van der Waals surface area contributed by atoms with E-state index in [1.165, 1.54) is 11.3 Å². The van der Waals surface area contributed by atoms with Gasteiger partial charge in [-0.15, -0.1) is 0 Å². The molecule has 0 saturated carbocycles. The zero-order valence-electron chi connectivity index (χ0n) is 11.5. The van der Waals surface area contributed by atoms with Gasteiger partial charge in [0.2, 0.25) is 0 Å². The van der Waals surface area contributed by atoms with Crippen LogP contribution in [0.5, 0.6) is 0 Å². The lowest BCUT2D eigenvalue weighted by molar-refractivity contribution is 0.0978. The highest BCUT2D eigenvalue weighted by molar-refractivity contribution is 7.80. The van der Waals surface area contributed by atoms with Crippen LogP contribution in [0.1, 0.15) is 10.4 Å². The molecule has 4 nitrogen and oxygen atoms in total. The highest BCUT2D eigenvalue weighted by atomic mass is 35.5. The topological polar surface area (TPSA) is 54.0 Å². The molecule has 2 aromatic carbocycles. The molecule has 0 radical (unpaired) electrons. The number of hydrogen-bond donors (Lipinski definition) is 2. The Bertz CT molecular complexity index is 896. The number of carbonyl (C=O) groups excluding carboxylic acids is 1. The number of thiocarbonyl (C=S) groups is 1. The third kappa shape index (κ3) is 3.61. The Hall–Kier alpha value is -1.73. The van der Waals surface area contributed by atoms with Gasteiger partial charge in [0.25, 0.3) is 5.91 Å². The van der Waals surface area contributed by atoms with Crippen LogP contribution in [0.3, 0.4) is 0 Å². The van der Waals surface area contributed by atoms with Gasteiger partial charge in [0, 0.05) is 5.56 Å². The van der Waals surface area contributed by atoms with Crippen molar-refractivity contribution >= 4 is 73.1 Å². The number of anilines is 1. The second-order valence-electron chi connectivity index (χ2n) is 4.50. The van der Waals surface area contributed by atoms with E-state index in [0.717, 1.165) is 4.70 Å². The van der Waals surface area contributed by atoms with Crippen molar-refractivity contribution in [3.63, 3.8) is 0 Å². The highest BCUT2D eigenvalue weighted by Gasteiger charge is 2.12. The summed E-state index contributed by atoms with van der Waals surface area (Å²) >= 11 is 18.6. The van der Waals surface area contributed by atoms with Crippen LogP contribution in [0.2, 0.25) is 10.0 Å². The standard InChI is InChI=1S/C15H9Cl2N3OS2/c16-9-6-7-10-12(11(9)17)18-15(23-10)20-14(22)19-13(21)8-4-2-1-3-5-8/h1-7H,(H2,18,19,20,21,22). The van der Waals surface area contributed by atoms with Crippen molar-refractivity contribution in [3.8, 4) is 0 Å². The molecule has 116 valence electrons. The molecule has 0 unspecified atom stereocenters. The van der Waals surface area contributed by atoms with Crippen LogP contribution in [0, 0.1) is 0 Å². The fraction of sp³-hybridized carbons (Fsp3) is 0. The number of halogens is 2. The molecule has 0 saturated heterocycles. The van der Waals surface area contributed by atoms with E-state index < -0.39 is 0 Å². The number of amides is 1. The van der Waals surface area contributed by atoms with Gasteiger partial charge in [-0.1, -0.05) is 52.7 Å². The maximum Gasteiger partial charge on any atom is 0.257 e. The van der Waals surface area contributed by atoms with E-state index in [-0.39, 0.29) is 11.0 Å². The van der Waals surface area contributed by atoms with Gasteiger partial charge in [-0.3, -0.25) is 10.1 Å². The van der Waals surface area contributed by atoms with E-state index in [4.69, 9.17) is 35.4 Å². The van der Waals surface area contributed by atoms with E-state index in [1.54, 1.807) is 30.3 Å². The summed E-state index contributed by atoms with van der Waals surface area (Å²) in [6.45, 7) is 0. The summed E-state index contributed by atoms with van der Waals surface area (Å²) in [5.41, 5.74) is 1.12. The van der Waals surface area contributed by atoms with Gasteiger partial charge in [-0.2, -0.15) is 0 Å². The Morgan fingerprint density at radius 1 is 1.13 bits per heavy atom. The average molecular weight is 382 g/mol. The number of benzene rings is 2.